The number of carbonyl (C=O) groups excluding carboxylic acids is 3. The van der Waals surface area contributed by atoms with Crippen LogP contribution in [0, 0.1) is 0 Å². The van der Waals surface area contributed by atoms with Crippen LogP contribution in [0.15, 0.2) is 24.3 Å². The smallest absolute Gasteiger partial charge is 0.325 e. The highest BCUT2D eigenvalue weighted by Crippen LogP contribution is 2.18. The van der Waals surface area contributed by atoms with Crippen LogP contribution in [-0.2, 0) is 9.59 Å². The van der Waals surface area contributed by atoms with E-state index in [0.717, 1.165) is 10.5 Å². The lowest BCUT2D eigenvalue weighted by atomic mass is 10.1. The molecule has 6 nitrogen and oxygen atoms in total. The van der Waals surface area contributed by atoms with Crippen molar-refractivity contribution in [3.05, 3.63) is 34.9 Å². The molecule has 2 rings (SSSR count). The van der Waals surface area contributed by atoms with E-state index < -0.39 is 23.4 Å². The van der Waals surface area contributed by atoms with Crippen molar-refractivity contribution in [2.45, 2.75) is 32.4 Å². The summed E-state index contributed by atoms with van der Waals surface area (Å²) in [4.78, 5) is 36.7. The minimum Gasteiger partial charge on any atom is -0.348 e. The molecule has 0 radical (unpaired) electrons. The van der Waals surface area contributed by atoms with Gasteiger partial charge in [0.1, 0.15) is 12.1 Å². The summed E-state index contributed by atoms with van der Waals surface area (Å²) in [6.45, 7) is 4.71. The molecule has 1 aliphatic rings. The fourth-order valence-corrected chi connectivity index (χ4v) is 2.35. The Morgan fingerprint density at radius 1 is 1.32 bits per heavy atom. The highest BCUT2D eigenvalue weighted by atomic mass is 35.5. The average Bonchev–Trinajstić information content (AvgIpc) is 2.61. The average molecular weight is 324 g/mol. The van der Waals surface area contributed by atoms with Crippen LogP contribution < -0.4 is 10.6 Å². The normalized spacial score (nSPS) is 18.1. The maximum Gasteiger partial charge on any atom is 0.325 e. The highest BCUT2D eigenvalue weighted by molar-refractivity contribution is 6.30. The molecule has 0 bridgehead atoms. The number of rotatable bonds is 4. The van der Waals surface area contributed by atoms with E-state index in [4.69, 9.17) is 11.6 Å². The molecule has 118 valence electrons. The third-order valence-corrected chi connectivity index (χ3v) is 3.75. The van der Waals surface area contributed by atoms with Crippen molar-refractivity contribution in [2.24, 2.45) is 0 Å². The first-order valence-corrected chi connectivity index (χ1v) is 7.27. The standard InChI is InChI=1S/C15H18ClN3O3/c1-9(10-4-6-11(16)7-5-10)17-12(20)8-19-13(21)15(2,3)18-14(19)22/h4-7,9H,8H2,1-3H3,(H,17,20)(H,18,22)/t9-/m1/s1. The molecule has 1 aliphatic heterocycles. The van der Waals surface area contributed by atoms with Gasteiger partial charge >= 0.3 is 6.03 Å². The van der Waals surface area contributed by atoms with Crippen LogP contribution in [0.2, 0.25) is 5.02 Å². The van der Waals surface area contributed by atoms with Crippen LogP contribution in [0.4, 0.5) is 4.79 Å². The van der Waals surface area contributed by atoms with Crippen LogP contribution in [-0.4, -0.2) is 34.8 Å². The van der Waals surface area contributed by atoms with Crippen molar-refractivity contribution in [2.75, 3.05) is 6.54 Å². The summed E-state index contributed by atoms with van der Waals surface area (Å²) in [6, 6.07) is 6.29. The Morgan fingerprint density at radius 2 is 1.91 bits per heavy atom. The fourth-order valence-electron chi connectivity index (χ4n) is 2.23. The summed E-state index contributed by atoms with van der Waals surface area (Å²) >= 11 is 5.82. The molecule has 1 heterocycles. The number of amides is 4. The van der Waals surface area contributed by atoms with Crippen molar-refractivity contribution in [3.8, 4) is 0 Å². The van der Waals surface area contributed by atoms with Crippen molar-refractivity contribution in [3.63, 3.8) is 0 Å². The second-order valence-corrected chi connectivity index (χ2v) is 6.22. The molecule has 0 aromatic heterocycles. The van der Waals surface area contributed by atoms with E-state index in [1.165, 1.54) is 0 Å². The maximum absolute atomic E-state index is 12.0. The third-order valence-electron chi connectivity index (χ3n) is 3.49. The lowest BCUT2D eigenvalue weighted by molar-refractivity contribution is -0.134. The number of benzene rings is 1. The maximum atomic E-state index is 12.0. The zero-order valence-corrected chi connectivity index (χ0v) is 13.4. The summed E-state index contributed by atoms with van der Waals surface area (Å²) in [5.41, 5.74) is -0.0885. The summed E-state index contributed by atoms with van der Waals surface area (Å²) in [6.07, 6.45) is 0. The number of hydrogen-bond acceptors (Lipinski definition) is 3. The minimum absolute atomic E-state index is 0.251. The Hall–Kier alpha value is -2.08. The van der Waals surface area contributed by atoms with Gasteiger partial charge in [0.25, 0.3) is 5.91 Å². The predicted octanol–water partition coefficient (Wildman–Crippen LogP) is 1.85. The lowest BCUT2D eigenvalue weighted by Crippen LogP contribution is -2.43. The molecule has 1 atom stereocenters. The number of carbonyl (C=O) groups is 3. The Morgan fingerprint density at radius 3 is 2.41 bits per heavy atom. The molecule has 0 aliphatic carbocycles. The zero-order valence-electron chi connectivity index (χ0n) is 12.6. The first kappa shape index (κ1) is 16.3. The van der Waals surface area contributed by atoms with E-state index in [2.05, 4.69) is 10.6 Å². The molecule has 4 amide bonds. The van der Waals surface area contributed by atoms with E-state index in [1.54, 1.807) is 26.0 Å². The molecular weight excluding hydrogens is 306 g/mol. The van der Waals surface area contributed by atoms with Gasteiger partial charge in [-0.1, -0.05) is 23.7 Å². The van der Waals surface area contributed by atoms with E-state index >= 15 is 0 Å². The molecule has 1 aromatic rings. The summed E-state index contributed by atoms with van der Waals surface area (Å²) < 4.78 is 0. The summed E-state index contributed by atoms with van der Waals surface area (Å²) in [5, 5.41) is 5.90. The monoisotopic (exact) mass is 323 g/mol. The zero-order chi connectivity index (χ0) is 16.5. The van der Waals surface area contributed by atoms with Crippen molar-refractivity contribution in [1.82, 2.24) is 15.5 Å². The van der Waals surface area contributed by atoms with Crippen molar-refractivity contribution >= 4 is 29.4 Å². The largest absolute Gasteiger partial charge is 0.348 e. The van der Waals surface area contributed by atoms with E-state index in [1.807, 2.05) is 19.1 Å². The van der Waals surface area contributed by atoms with Crippen LogP contribution in [0.5, 0.6) is 0 Å². The van der Waals surface area contributed by atoms with Gasteiger partial charge in [0.15, 0.2) is 0 Å². The van der Waals surface area contributed by atoms with Gasteiger partial charge in [-0.2, -0.15) is 0 Å². The van der Waals surface area contributed by atoms with E-state index in [-0.39, 0.29) is 12.6 Å². The predicted molar refractivity (Wildman–Crippen MR) is 82.3 cm³/mol. The lowest BCUT2D eigenvalue weighted by Gasteiger charge is -2.18. The van der Waals surface area contributed by atoms with Gasteiger partial charge in [0, 0.05) is 5.02 Å². The molecule has 1 fully saturated rings. The van der Waals surface area contributed by atoms with Crippen LogP contribution in [0.25, 0.3) is 0 Å². The molecule has 1 saturated heterocycles. The van der Waals surface area contributed by atoms with Crippen LogP contribution >= 0.6 is 11.6 Å². The first-order valence-electron chi connectivity index (χ1n) is 6.89. The van der Waals surface area contributed by atoms with Crippen LogP contribution in [0.3, 0.4) is 0 Å². The topological polar surface area (TPSA) is 78.5 Å². The SMILES string of the molecule is C[C@@H](NC(=O)CN1C(=O)NC(C)(C)C1=O)c1ccc(Cl)cc1. The Bertz CT molecular complexity index is 613. The van der Waals surface area contributed by atoms with Gasteiger partial charge in [-0.25, -0.2) is 4.79 Å². The second kappa shape index (κ2) is 5.96. The van der Waals surface area contributed by atoms with Gasteiger partial charge in [0.05, 0.1) is 6.04 Å². The van der Waals surface area contributed by atoms with E-state index in [9.17, 15) is 14.4 Å². The van der Waals surface area contributed by atoms with Gasteiger partial charge in [-0.05, 0) is 38.5 Å². The minimum atomic E-state index is -0.973. The molecule has 1 aromatic carbocycles. The molecule has 0 unspecified atom stereocenters. The molecule has 0 spiro atoms. The Balaban J connectivity index is 1.97. The van der Waals surface area contributed by atoms with Crippen molar-refractivity contribution < 1.29 is 14.4 Å². The van der Waals surface area contributed by atoms with Gasteiger partial charge in [0.2, 0.25) is 5.91 Å². The van der Waals surface area contributed by atoms with Crippen molar-refractivity contribution in [1.29, 1.82) is 0 Å². The highest BCUT2D eigenvalue weighted by Gasteiger charge is 2.44. The number of halogens is 1. The van der Waals surface area contributed by atoms with Crippen LogP contribution in [0.1, 0.15) is 32.4 Å². The summed E-state index contributed by atoms with van der Waals surface area (Å²) in [7, 11) is 0. The fraction of sp³-hybridized carbons (Fsp3) is 0.400. The Kier molecular flexibility index (Phi) is 4.42. The molecule has 0 saturated carbocycles. The molecule has 2 N–H and O–H groups in total. The van der Waals surface area contributed by atoms with E-state index in [0.29, 0.717) is 5.02 Å². The second-order valence-electron chi connectivity index (χ2n) is 5.79. The molecular formula is C15H18ClN3O3. The number of imide groups is 1. The third kappa shape index (κ3) is 3.39. The summed E-state index contributed by atoms with van der Waals surface area (Å²) in [5.74, 6) is -0.810. The molecule has 22 heavy (non-hydrogen) atoms. The number of urea groups is 1. The van der Waals surface area contributed by atoms with Gasteiger partial charge in [-0.15, -0.1) is 0 Å². The number of nitrogens with zero attached hydrogens (tertiary/aromatic N) is 1. The van der Waals surface area contributed by atoms with Gasteiger partial charge < -0.3 is 10.6 Å². The first-order chi connectivity index (χ1) is 10.2. The van der Waals surface area contributed by atoms with Gasteiger partial charge in [-0.3, -0.25) is 14.5 Å². The number of hydrogen-bond donors (Lipinski definition) is 2. The Labute approximate surface area is 133 Å². The number of nitrogens with one attached hydrogen (secondary N) is 2. The molecule has 7 heteroatoms. The quantitative estimate of drug-likeness (QED) is 0.830.